The van der Waals surface area contributed by atoms with Crippen LogP contribution in [0.4, 0.5) is 4.79 Å². The maximum absolute atomic E-state index is 12.7. The zero-order valence-electron chi connectivity index (χ0n) is 15.0. The van der Waals surface area contributed by atoms with Gasteiger partial charge in [-0.2, -0.15) is 0 Å². The SMILES string of the molecule is CCO[C@@H]1C[C@@H](NC(=O)N(C)[C@@H](C)c2cccnc2)C12CCCC2. The lowest BCUT2D eigenvalue weighted by Crippen LogP contribution is -2.64. The zero-order chi connectivity index (χ0) is 17.2. The summed E-state index contributed by atoms with van der Waals surface area (Å²) in [6.45, 7) is 4.84. The first-order valence-electron chi connectivity index (χ1n) is 9.13. The van der Waals surface area contributed by atoms with Gasteiger partial charge in [0.25, 0.3) is 0 Å². The second-order valence-corrected chi connectivity index (χ2v) is 7.20. The fraction of sp³-hybridized carbons (Fsp3) is 0.684. The minimum absolute atomic E-state index is 0.000920. The number of hydrogen-bond donors (Lipinski definition) is 1. The van der Waals surface area contributed by atoms with Crippen molar-refractivity contribution in [3.05, 3.63) is 30.1 Å². The quantitative estimate of drug-likeness (QED) is 0.898. The van der Waals surface area contributed by atoms with Crippen LogP contribution in [0, 0.1) is 5.41 Å². The lowest BCUT2D eigenvalue weighted by molar-refractivity contribution is -0.127. The van der Waals surface area contributed by atoms with E-state index in [-0.39, 0.29) is 23.5 Å². The van der Waals surface area contributed by atoms with Gasteiger partial charge in [-0.3, -0.25) is 4.98 Å². The van der Waals surface area contributed by atoms with Gasteiger partial charge in [0, 0.05) is 37.5 Å². The van der Waals surface area contributed by atoms with E-state index >= 15 is 0 Å². The number of urea groups is 1. The minimum Gasteiger partial charge on any atom is -0.378 e. The van der Waals surface area contributed by atoms with Gasteiger partial charge in [0.2, 0.25) is 0 Å². The van der Waals surface area contributed by atoms with Crippen LogP contribution >= 0.6 is 0 Å². The molecule has 2 aliphatic carbocycles. The predicted octanol–water partition coefficient (Wildman–Crippen LogP) is 3.52. The van der Waals surface area contributed by atoms with Gasteiger partial charge in [-0.15, -0.1) is 0 Å². The predicted molar refractivity (Wildman–Crippen MR) is 93.7 cm³/mol. The molecule has 5 nitrogen and oxygen atoms in total. The highest BCUT2D eigenvalue weighted by atomic mass is 16.5. The van der Waals surface area contributed by atoms with Crippen molar-refractivity contribution >= 4 is 6.03 Å². The third-order valence-corrected chi connectivity index (χ3v) is 6.05. The number of ether oxygens (including phenoxy) is 1. The van der Waals surface area contributed by atoms with Gasteiger partial charge in [0.15, 0.2) is 0 Å². The van der Waals surface area contributed by atoms with Gasteiger partial charge in [0.05, 0.1) is 12.1 Å². The molecule has 2 saturated carbocycles. The Bertz CT molecular complexity index is 557. The van der Waals surface area contributed by atoms with Crippen molar-refractivity contribution in [2.45, 2.75) is 64.1 Å². The van der Waals surface area contributed by atoms with Crippen LogP contribution in [0.25, 0.3) is 0 Å². The molecule has 5 heteroatoms. The maximum atomic E-state index is 12.7. The van der Waals surface area contributed by atoms with E-state index in [0.29, 0.717) is 6.10 Å². The zero-order valence-corrected chi connectivity index (χ0v) is 15.0. The Labute approximate surface area is 144 Å². The highest BCUT2D eigenvalue weighted by molar-refractivity contribution is 5.75. The van der Waals surface area contributed by atoms with Crippen LogP contribution in [0.2, 0.25) is 0 Å². The molecule has 1 heterocycles. The maximum Gasteiger partial charge on any atom is 0.317 e. The van der Waals surface area contributed by atoms with E-state index in [1.54, 1.807) is 11.1 Å². The number of carbonyl (C=O) groups is 1. The second-order valence-electron chi connectivity index (χ2n) is 7.20. The average molecular weight is 331 g/mol. The number of nitrogens with zero attached hydrogens (tertiary/aromatic N) is 2. The van der Waals surface area contributed by atoms with Crippen LogP contribution in [-0.2, 0) is 4.74 Å². The first-order valence-corrected chi connectivity index (χ1v) is 9.13. The van der Waals surface area contributed by atoms with Crippen molar-refractivity contribution in [1.29, 1.82) is 0 Å². The molecule has 2 aliphatic rings. The van der Waals surface area contributed by atoms with Crippen molar-refractivity contribution < 1.29 is 9.53 Å². The molecule has 0 aliphatic heterocycles. The molecular formula is C19H29N3O2. The van der Waals surface area contributed by atoms with Crippen LogP contribution < -0.4 is 5.32 Å². The Morgan fingerprint density at radius 2 is 2.25 bits per heavy atom. The van der Waals surface area contributed by atoms with Gasteiger partial charge in [-0.25, -0.2) is 4.79 Å². The molecule has 132 valence electrons. The lowest BCUT2D eigenvalue weighted by atomic mass is 9.60. The molecule has 2 fully saturated rings. The third-order valence-electron chi connectivity index (χ3n) is 6.05. The lowest BCUT2D eigenvalue weighted by Gasteiger charge is -2.54. The summed E-state index contributed by atoms with van der Waals surface area (Å²) >= 11 is 0. The molecular weight excluding hydrogens is 302 g/mol. The first-order chi connectivity index (χ1) is 11.6. The minimum atomic E-state index is -0.00224. The second kappa shape index (κ2) is 7.09. The molecule has 24 heavy (non-hydrogen) atoms. The van der Waals surface area contributed by atoms with E-state index in [1.165, 1.54) is 25.7 Å². The van der Waals surface area contributed by atoms with E-state index in [2.05, 4.69) is 17.2 Å². The molecule has 1 aromatic rings. The number of pyridine rings is 1. The highest BCUT2D eigenvalue weighted by Crippen LogP contribution is 2.54. The van der Waals surface area contributed by atoms with Crippen molar-refractivity contribution in [3.8, 4) is 0 Å². The molecule has 1 spiro atoms. The molecule has 1 aromatic heterocycles. The molecule has 3 atom stereocenters. The van der Waals surface area contributed by atoms with Gasteiger partial charge >= 0.3 is 6.03 Å². The normalized spacial score (nSPS) is 26.0. The summed E-state index contributed by atoms with van der Waals surface area (Å²) in [6, 6.07) is 4.16. The highest BCUT2D eigenvalue weighted by Gasteiger charge is 2.57. The van der Waals surface area contributed by atoms with Gasteiger partial charge < -0.3 is 15.0 Å². The Balaban J connectivity index is 1.62. The molecule has 0 unspecified atom stereocenters. The van der Waals surface area contributed by atoms with Gasteiger partial charge in [-0.05, 0) is 44.7 Å². The number of hydrogen-bond acceptors (Lipinski definition) is 3. The Morgan fingerprint density at radius 3 is 2.88 bits per heavy atom. The van der Waals surface area contributed by atoms with Crippen LogP contribution in [0.1, 0.15) is 57.6 Å². The van der Waals surface area contributed by atoms with Crippen molar-refractivity contribution in [3.63, 3.8) is 0 Å². The Morgan fingerprint density at radius 1 is 1.50 bits per heavy atom. The molecule has 0 aromatic carbocycles. The summed E-state index contributed by atoms with van der Waals surface area (Å²) in [5, 5.41) is 3.27. The van der Waals surface area contributed by atoms with Gasteiger partial charge in [-0.1, -0.05) is 18.9 Å². The topological polar surface area (TPSA) is 54.5 Å². The molecule has 0 bridgehead atoms. The summed E-state index contributed by atoms with van der Waals surface area (Å²) in [6.07, 6.45) is 9.67. The number of rotatable bonds is 5. The van der Waals surface area contributed by atoms with E-state index in [9.17, 15) is 4.79 Å². The van der Waals surface area contributed by atoms with E-state index in [4.69, 9.17) is 4.74 Å². The third kappa shape index (κ3) is 3.02. The largest absolute Gasteiger partial charge is 0.378 e. The fourth-order valence-electron chi connectivity index (χ4n) is 4.36. The fourth-order valence-corrected chi connectivity index (χ4v) is 4.36. The number of aromatic nitrogens is 1. The van der Waals surface area contributed by atoms with Crippen molar-refractivity contribution in [2.24, 2.45) is 5.41 Å². The van der Waals surface area contributed by atoms with Crippen LogP contribution in [0.3, 0.4) is 0 Å². The van der Waals surface area contributed by atoms with Gasteiger partial charge in [0.1, 0.15) is 0 Å². The van der Waals surface area contributed by atoms with Crippen molar-refractivity contribution in [2.75, 3.05) is 13.7 Å². The molecule has 0 radical (unpaired) electrons. The summed E-state index contributed by atoms with van der Waals surface area (Å²) in [7, 11) is 1.85. The summed E-state index contributed by atoms with van der Waals surface area (Å²) in [5.74, 6) is 0. The standard InChI is InChI=1S/C19H29N3O2/c1-4-24-17-12-16(19(17)9-5-6-10-19)21-18(23)22(3)14(2)15-8-7-11-20-13-15/h7-8,11,13-14,16-17H,4-6,9-10,12H2,1-3H3,(H,21,23)/t14-,16+,17+/m0/s1. The summed E-state index contributed by atoms with van der Waals surface area (Å²) < 4.78 is 5.93. The molecule has 2 amide bonds. The Hall–Kier alpha value is -1.62. The molecule has 3 rings (SSSR count). The molecule has 1 N–H and O–H groups in total. The number of carbonyl (C=O) groups excluding carboxylic acids is 1. The van der Waals surface area contributed by atoms with Crippen LogP contribution in [0.5, 0.6) is 0 Å². The summed E-state index contributed by atoms with van der Waals surface area (Å²) in [4.78, 5) is 18.6. The first kappa shape index (κ1) is 17.2. The van der Waals surface area contributed by atoms with E-state index in [1.807, 2.05) is 32.3 Å². The van der Waals surface area contributed by atoms with E-state index in [0.717, 1.165) is 18.6 Å². The smallest absolute Gasteiger partial charge is 0.317 e. The van der Waals surface area contributed by atoms with Crippen LogP contribution in [-0.4, -0.2) is 41.7 Å². The molecule has 0 saturated heterocycles. The van der Waals surface area contributed by atoms with Crippen LogP contribution in [0.15, 0.2) is 24.5 Å². The average Bonchev–Trinajstić information content (AvgIpc) is 3.13. The Kier molecular flexibility index (Phi) is 5.09. The van der Waals surface area contributed by atoms with Crippen molar-refractivity contribution in [1.82, 2.24) is 15.2 Å². The number of amides is 2. The summed E-state index contributed by atoms with van der Waals surface area (Å²) in [5.41, 5.74) is 1.22. The number of nitrogens with one attached hydrogen (secondary N) is 1. The monoisotopic (exact) mass is 331 g/mol. The van der Waals surface area contributed by atoms with E-state index < -0.39 is 0 Å².